The SMILES string of the molecule is CC(C)C(CC(=O)NC1CC2CCC(C1)N2)c1ccccc1.Cl. The number of carbonyl (C=O) groups is 1. The molecule has 3 atom stereocenters. The molecule has 23 heavy (non-hydrogen) atoms. The third kappa shape index (κ3) is 4.71. The van der Waals surface area contributed by atoms with Gasteiger partial charge in [-0.05, 0) is 43.1 Å². The van der Waals surface area contributed by atoms with Gasteiger partial charge in [-0.1, -0.05) is 44.2 Å². The zero-order valence-electron chi connectivity index (χ0n) is 14.1. The number of amides is 1. The molecule has 1 aromatic carbocycles. The van der Waals surface area contributed by atoms with E-state index in [1.807, 2.05) is 6.07 Å². The molecule has 2 saturated heterocycles. The maximum Gasteiger partial charge on any atom is 0.220 e. The number of rotatable bonds is 5. The lowest BCUT2D eigenvalue weighted by Crippen LogP contribution is -2.48. The van der Waals surface area contributed by atoms with E-state index in [4.69, 9.17) is 0 Å². The van der Waals surface area contributed by atoms with Crippen LogP contribution in [0.1, 0.15) is 57.4 Å². The van der Waals surface area contributed by atoms with Crippen LogP contribution in [0.5, 0.6) is 0 Å². The van der Waals surface area contributed by atoms with E-state index in [9.17, 15) is 4.79 Å². The standard InChI is InChI=1S/C19H28N2O.ClH/c1-13(2)18(14-6-4-3-5-7-14)12-19(22)21-17-10-15-8-9-16(11-17)20-15;/h3-7,13,15-18,20H,8-12H2,1-2H3,(H,21,22);1H. The smallest absolute Gasteiger partial charge is 0.220 e. The highest BCUT2D eigenvalue weighted by molar-refractivity contribution is 5.85. The molecule has 1 amide bonds. The topological polar surface area (TPSA) is 41.1 Å². The van der Waals surface area contributed by atoms with Crippen molar-refractivity contribution in [2.24, 2.45) is 5.92 Å². The number of benzene rings is 1. The largest absolute Gasteiger partial charge is 0.353 e. The van der Waals surface area contributed by atoms with Gasteiger partial charge in [0, 0.05) is 24.5 Å². The van der Waals surface area contributed by atoms with Gasteiger partial charge in [0.15, 0.2) is 0 Å². The Hall–Kier alpha value is -1.06. The summed E-state index contributed by atoms with van der Waals surface area (Å²) in [7, 11) is 0. The molecule has 2 fully saturated rings. The fourth-order valence-electron chi connectivity index (χ4n) is 4.10. The van der Waals surface area contributed by atoms with Crippen molar-refractivity contribution in [3.63, 3.8) is 0 Å². The molecule has 2 N–H and O–H groups in total. The van der Waals surface area contributed by atoms with Crippen LogP contribution in [0, 0.1) is 5.92 Å². The first-order chi connectivity index (χ1) is 10.6. The van der Waals surface area contributed by atoms with Gasteiger partial charge >= 0.3 is 0 Å². The first-order valence-corrected chi connectivity index (χ1v) is 8.72. The first kappa shape index (κ1) is 18.3. The Balaban J connectivity index is 0.00000192. The maximum absolute atomic E-state index is 12.5. The lowest BCUT2D eigenvalue weighted by Gasteiger charge is -2.30. The van der Waals surface area contributed by atoms with Crippen LogP contribution in [0.4, 0.5) is 0 Å². The number of hydrogen-bond donors (Lipinski definition) is 2. The van der Waals surface area contributed by atoms with E-state index in [1.54, 1.807) is 0 Å². The van der Waals surface area contributed by atoms with Crippen LogP contribution in [-0.2, 0) is 4.79 Å². The lowest BCUT2D eigenvalue weighted by molar-refractivity contribution is -0.122. The predicted octanol–water partition coefficient (Wildman–Crippen LogP) is 3.64. The van der Waals surface area contributed by atoms with E-state index >= 15 is 0 Å². The fourth-order valence-corrected chi connectivity index (χ4v) is 4.10. The molecular weight excluding hydrogens is 308 g/mol. The van der Waals surface area contributed by atoms with Crippen LogP contribution in [0.2, 0.25) is 0 Å². The Morgan fingerprint density at radius 3 is 2.35 bits per heavy atom. The molecule has 0 radical (unpaired) electrons. The van der Waals surface area contributed by atoms with Crippen molar-refractivity contribution in [1.82, 2.24) is 10.6 Å². The molecule has 4 heteroatoms. The van der Waals surface area contributed by atoms with Gasteiger partial charge in [-0.15, -0.1) is 12.4 Å². The minimum atomic E-state index is 0. The average molecular weight is 337 g/mol. The summed E-state index contributed by atoms with van der Waals surface area (Å²) in [4.78, 5) is 12.5. The van der Waals surface area contributed by atoms with E-state index in [1.165, 1.54) is 18.4 Å². The van der Waals surface area contributed by atoms with Crippen molar-refractivity contribution in [2.45, 2.75) is 70.0 Å². The van der Waals surface area contributed by atoms with Crippen molar-refractivity contribution >= 4 is 18.3 Å². The van der Waals surface area contributed by atoms with Crippen molar-refractivity contribution in [3.05, 3.63) is 35.9 Å². The summed E-state index contributed by atoms with van der Waals surface area (Å²) in [5, 5.41) is 6.92. The van der Waals surface area contributed by atoms with Crippen LogP contribution in [0.25, 0.3) is 0 Å². The predicted molar refractivity (Wildman–Crippen MR) is 97.0 cm³/mol. The third-order valence-corrected chi connectivity index (χ3v) is 5.28. The highest BCUT2D eigenvalue weighted by Crippen LogP contribution is 2.29. The highest BCUT2D eigenvalue weighted by Gasteiger charge is 2.34. The molecule has 2 bridgehead atoms. The minimum absolute atomic E-state index is 0. The average Bonchev–Trinajstić information content (AvgIpc) is 2.84. The van der Waals surface area contributed by atoms with Gasteiger partial charge in [0.25, 0.3) is 0 Å². The van der Waals surface area contributed by atoms with Crippen LogP contribution in [-0.4, -0.2) is 24.0 Å². The second kappa shape index (κ2) is 8.16. The fraction of sp³-hybridized carbons (Fsp3) is 0.632. The molecule has 3 unspecified atom stereocenters. The summed E-state index contributed by atoms with van der Waals surface area (Å²) >= 11 is 0. The number of carbonyl (C=O) groups excluding carboxylic acids is 1. The molecule has 2 aliphatic rings. The van der Waals surface area contributed by atoms with Crippen molar-refractivity contribution in [2.75, 3.05) is 0 Å². The Bertz CT molecular complexity index is 493. The summed E-state index contributed by atoms with van der Waals surface area (Å²) < 4.78 is 0. The zero-order chi connectivity index (χ0) is 15.5. The quantitative estimate of drug-likeness (QED) is 0.862. The van der Waals surface area contributed by atoms with Crippen LogP contribution in [0.3, 0.4) is 0 Å². The number of halogens is 1. The van der Waals surface area contributed by atoms with Gasteiger partial charge in [-0.3, -0.25) is 4.79 Å². The van der Waals surface area contributed by atoms with Gasteiger partial charge < -0.3 is 10.6 Å². The van der Waals surface area contributed by atoms with Crippen molar-refractivity contribution in [3.8, 4) is 0 Å². The Morgan fingerprint density at radius 2 is 1.78 bits per heavy atom. The van der Waals surface area contributed by atoms with Crippen molar-refractivity contribution in [1.29, 1.82) is 0 Å². The van der Waals surface area contributed by atoms with E-state index in [0.717, 1.165) is 12.8 Å². The van der Waals surface area contributed by atoms with E-state index in [0.29, 0.717) is 36.4 Å². The number of fused-ring (bicyclic) bond motifs is 2. The molecule has 3 rings (SSSR count). The van der Waals surface area contributed by atoms with Crippen LogP contribution < -0.4 is 10.6 Å². The molecule has 0 aromatic heterocycles. The van der Waals surface area contributed by atoms with Gasteiger partial charge in [0.2, 0.25) is 5.91 Å². The molecule has 0 saturated carbocycles. The summed E-state index contributed by atoms with van der Waals surface area (Å²) in [5.41, 5.74) is 1.28. The summed E-state index contributed by atoms with van der Waals surface area (Å²) in [6, 6.07) is 12.1. The van der Waals surface area contributed by atoms with E-state index < -0.39 is 0 Å². The minimum Gasteiger partial charge on any atom is -0.353 e. The Kier molecular flexibility index (Phi) is 6.49. The van der Waals surface area contributed by atoms with Crippen molar-refractivity contribution < 1.29 is 4.79 Å². The number of hydrogen-bond acceptors (Lipinski definition) is 2. The lowest BCUT2D eigenvalue weighted by atomic mass is 9.85. The normalized spacial score (nSPS) is 27.3. The molecule has 2 aliphatic heterocycles. The molecule has 1 aromatic rings. The number of nitrogens with one attached hydrogen (secondary N) is 2. The van der Waals surface area contributed by atoms with Gasteiger partial charge in [0.1, 0.15) is 0 Å². The van der Waals surface area contributed by atoms with E-state index in [-0.39, 0.29) is 18.3 Å². The first-order valence-electron chi connectivity index (χ1n) is 8.72. The summed E-state index contributed by atoms with van der Waals surface area (Å²) in [5.74, 6) is 0.992. The Morgan fingerprint density at radius 1 is 1.17 bits per heavy atom. The Labute approximate surface area is 146 Å². The number of piperidine rings is 1. The molecule has 0 aliphatic carbocycles. The van der Waals surface area contributed by atoms with Gasteiger partial charge in [-0.25, -0.2) is 0 Å². The van der Waals surface area contributed by atoms with Gasteiger partial charge in [0.05, 0.1) is 0 Å². The molecular formula is C19H29ClN2O. The van der Waals surface area contributed by atoms with Crippen LogP contribution in [0.15, 0.2) is 30.3 Å². The molecule has 0 spiro atoms. The monoisotopic (exact) mass is 336 g/mol. The highest BCUT2D eigenvalue weighted by atomic mass is 35.5. The molecule has 2 heterocycles. The zero-order valence-corrected chi connectivity index (χ0v) is 14.9. The summed E-state index contributed by atoms with van der Waals surface area (Å²) in [6.07, 6.45) is 5.34. The summed E-state index contributed by atoms with van der Waals surface area (Å²) in [6.45, 7) is 4.41. The molecule has 3 nitrogen and oxygen atoms in total. The molecule has 128 valence electrons. The van der Waals surface area contributed by atoms with Crippen LogP contribution >= 0.6 is 12.4 Å². The second-order valence-corrected chi connectivity index (χ2v) is 7.34. The third-order valence-electron chi connectivity index (χ3n) is 5.28. The van der Waals surface area contributed by atoms with Gasteiger partial charge in [-0.2, -0.15) is 0 Å². The van der Waals surface area contributed by atoms with E-state index in [2.05, 4.69) is 48.7 Å². The maximum atomic E-state index is 12.5. The second-order valence-electron chi connectivity index (χ2n) is 7.34.